The zero-order valence-corrected chi connectivity index (χ0v) is 14.5. The first-order valence-electron chi connectivity index (χ1n) is 8.55. The van der Waals surface area contributed by atoms with Crippen molar-refractivity contribution in [1.82, 2.24) is 0 Å². The van der Waals surface area contributed by atoms with Crippen LogP contribution in [0.15, 0.2) is 111 Å². The second-order valence-electron chi connectivity index (χ2n) is 5.97. The van der Waals surface area contributed by atoms with Gasteiger partial charge in [-0.15, -0.1) is 5.11 Å². The van der Waals surface area contributed by atoms with Gasteiger partial charge in [-0.25, -0.2) is 0 Å². The predicted molar refractivity (Wildman–Crippen MR) is 110 cm³/mol. The van der Waals surface area contributed by atoms with Gasteiger partial charge in [0.1, 0.15) is 0 Å². The van der Waals surface area contributed by atoms with E-state index in [1.54, 1.807) is 0 Å². The number of azo groups is 2. The normalized spacial score (nSPS) is 11.6. The fraction of sp³-hybridized carbons (Fsp3) is 0. The van der Waals surface area contributed by atoms with E-state index in [-0.39, 0.29) is 0 Å². The number of nitrogens with zero attached hydrogens (tertiary/aromatic N) is 4. The number of benzene rings is 4. The van der Waals surface area contributed by atoms with Crippen LogP contribution in [0.25, 0.3) is 10.8 Å². The maximum absolute atomic E-state index is 6.03. The summed E-state index contributed by atoms with van der Waals surface area (Å²) < 4.78 is 0. The lowest BCUT2D eigenvalue weighted by molar-refractivity contribution is 1.21. The molecule has 0 aliphatic rings. The first-order valence-corrected chi connectivity index (χ1v) is 8.55. The van der Waals surface area contributed by atoms with Crippen molar-refractivity contribution >= 4 is 39.2 Å². The van der Waals surface area contributed by atoms with Crippen molar-refractivity contribution in [2.24, 2.45) is 20.5 Å². The highest BCUT2D eigenvalue weighted by Crippen LogP contribution is 2.31. The third-order valence-corrected chi connectivity index (χ3v) is 4.09. The molecular weight excluding hydrogens is 334 g/mol. The lowest BCUT2D eigenvalue weighted by Gasteiger charge is -2.04. The van der Waals surface area contributed by atoms with Gasteiger partial charge >= 0.3 is 0 Å². The van der Waals surface area contributed by atoms with Gasteiger partial charge in [0.05, 0.1) is 22.7 Å². The SMILES string of the molecule is Nc1ccc(N=Nc2ccc(N=Nc3ccccc3)cc2)c2ccccc12. The summed E-state index contributed by atoms with van der Waals surface area (Å²) in [5.41, 5.74) is 9.87. The highest BCUT2D eigenvalue weighted by atomic mass is 15.1. The molecule has 4 aromatic rings. The number of hydrogen-bond acceptors (Lipinski definition) is 5. The Morgan fingerprint density at radius 2 is 0.963 bits per heavy atom. The lowest BCUT2D eigenvalue weighted by Crippen LogP contribution is -1.86. The van der Waals surface area contributed by atoms with E-state index in [4.69, 9.17) is 5.73 Å². The third-order valence-electron chi connectivity index (χ3n) is 4.09. The Balaban J connectivity index is 1.54. The molecule has 2 N–H and O–H groups in total. The molecule has 27 heavy (non-hydrogen) atoms. The highest BCUT2D eigenvalue weighted by Gasteiger charge is 2.02. The molecule has 0 radical (unpaired) electrons. The van der Waals surface area contributed by atoms with E-state index in [2.05, 4.69) is 20.5 Å². The van der Waals surface area contributed by atoms with E-state index in [1.807, 2.05) is 91.0 Å². The van der Waals surface area contributed by atoms with Crippen LogP contribution in [0.3, 0.4) is 0 Å². The fourth-order valence-corrected chi connectivity index (χ4v) is 2.70. The van der Waals surface area contributed by atoms with Crippen molar-refractivity contribution in [2.75, 3.05) is 5.73 Å². The molecule has 0 spiro atoms. The number of rotatable bonds is 4. The number of nitrogen functional groups attached to an aromatic ring is 1. The average molecular weight is 351 g/mol. The van der Waals surface area contributed by atoms with Gasteiger partial charge in [0.25, 0.3) is 0 Å². The third kappa shape index (κ3) is 3.88. The Morgan fingerprint density at radius 3 is 1.63 bits per heavy atom. The van der Waals surface area contributed by atoms with Gasteiger partial charge in [0.2, 0.25) is 0 Å². The summed E-state index contributed by atoms with van der Waals surface area (Å²) in [7, 11) is 0. The quantitative estimate of drug-likeness (QED) is 0.305. The molecule has 5 nitrogen and oxygen atoms in total. The van der Waals surface area contributed by atoms with Crippen molar-refractivity contribution in [1.29, 1.82) is 0 Å². The van der Waals surface area contributed by atoms with Gasteiger partial charge in [-0.05, 0) is 48.5 Å². The van der Waals surface area contributed by atoms with Crippen molar-refractivity contribution in [2.45, 2.75) is 0 Å². The smallest absolute Gasteiger partial charge is 0.0936 e. The van der Waals surface area contributed by atoms with E-state index >= 15 is 0 Å². The molecule has 0 saturated heterocycles. The van der Waals surface area contributed by atoms with Crippen LogP contribution in [0.5, 0.6) is 0 Å². The van der Waals surface area contributed by atoms with Crippen LogP contribution in [-0.2, 0) is 0 Å². The minimum atomic E-state index is 0.734. The van der Waals surface area contributed by atoms with Crippen LogP contribution >= 0.6 is 0 Å². The Morgan fingerprint density at radius 1 is 0.444 bits per heavy atom. The van der Waals surface area contributed by atoms with E-state index in [0.717, 1.165) is 39.2 Å². The summed E-state index contributed by atoms with van der Waals surface area (Å²) in [6.45, 7) is 0. The number of hydrogen-bond donors (Lipinski definition) is 1. The zero-order valence-electron chi connectivity index (χ0n) is 14.5. The molecule has 0 bridgehead atoms. The molecule has 4 aromatic carbocycles. The van der Waals surface area contributed by atoms with Crippen molar-refractivity contribution < 1.29 is 0 Å². The molecule has 0 aliphatic heterocycles. The van der Waals surface area contributed by atoms with Gasteiger partial charge in [-0.3, -0.25) is 0 Å². The first-order chi connectivity index (χ1) is 13.3. The number of nitrogens with two attached hydrogens (primary N) is 1. The monoisotopic (exact) mass is 351 g/mol. The maximum Gasteiger partial charge on any atom is 0.0936 e. The zero-order chi connectivity index (χ0) is 18.5. The lowest BCUT2D eigenvalue weighted by atomic mass is 10.1. The fourth-order valence-electron chi connectivity index (χ4n) is 2.70. The molecule has 4 rings (SSSR count). The van der Waals surface area contributed by atoms with Crippen LogP contribution in [-0.4, -0.2) is 0 Å². The molecule has 0 saturated carbocycles. The Hall–Kier alpha value is -3.86. The van der Waals surface area contributed by atoms with Crippen LogP contribution in [0.1, 0.15) is 0 Å². The van der Waals surface area contributed by atoms with E-state index in [0.29, 0.717) is 0 Å². The summed E-state index contributed by atoms with van der Waals surface area (Å²) in [6, 6.07) is 28.7. The largest absolute Gasteiger partial charge is 0.398 e. The van der Waals surface area contributed by atoms with E-state index in [9.17, 15) is 0 Å². The predicted octanol–water partition coefficient (Wildman–Crippen LogP) is 7.25. The van der Waals surface area contributed by atoms with Crippen LogP contribution in [0.2, 0.25) is 0 Å². The Labute approximate surface area is 156 Å². The standard InChI is InChI=1S/C22H17N5/c23-21-14-15-22(20-9-5-4-8-19(20)21)27-26-18-12-10-17(11-13-18)25-24-16-6-2-1-3-7-16/h1-15H,23H2. The molecule has 130 valence electrons. The molecule has 0 heterocycles. The summed E-state index contributed by atoms with van der Waals surface area (Å²) in [5.74, 6) is 0. The minimum absolute atomic E-state index is 0.734. The Kier molecular flexibility index (Phi) is 4.66. The summed E-state index contributed by atoms with van der Waals surface area (Å²) >= 11 is 0. The van der Waals surface area contributed by atoms with Gasteiger partial charge in [-0.1, -0.05) is 42.5 Å². The number of fused-ring (bicyclic) bond motifs is 1. The highest BCUT2D eigenvalue weighted by molar-refractivity contribution is 5.99. The first kappa shape index (κ1) is 16.6. The molecule has 0 unspecified atom stereocenters. The summed E-state index contributed by atoms with van der Waals surface area (Å²) in [4.78, 5) is 0. The Bertz CT molecular complexity index is 1120. The average Bonchev–Trinajstić information content (AvgIpc) is 2.73. The van der Waals surface area contributed by atoms with Crippen LogP contribution < -0.4 is 5.73 Å². The number of anilines is 1. The topological polar surface area (TPSA) is 75.5 Å². The molecule has 0 fully saturated rings. The van der Waals surface area contributed by atoms with Crippen molar-refractivity contribution in [3.63, 3.8) is 0 Å². The van der Waals surface area contributed by atoms with Crippen LogP contribution in [0, 0.1) is 0 Å². The molecular formula is C22H17N5. The molecule has 0 atom stereocenters. The van der Waals surface area contributed by atoms with Gasteiger partial charge < -0.3 is 5.73 Å². The molecule has 0 aromatic heterocycles. The maximum atomic E-state index is 6.03. The summed E-state index contributed by atoms with van der Waals surface area (Å²) in [5, 5.41) is 19.1. The summed E-state index contributed by atoms with van der Waals surface area (Å²) in [6.07, 6.45) is 0. The van der Waals surface area contributed by atoms with Gasteiger partial charge in [-0.2, -0.15) is 15.3 Å². The van der Waals surface area contributed by atoms with Crippen molar-refractivity contribution in [3.8, 4) is 0 Å². The van der Waals surface area contributed by atoms with Crippen molar-refractivity contribution in [3.05, 3.63) is 91.0 Å². The second-order valence-corrected chi connectivity index (χ2v) is 5.97. The van der Waals surface area contributed by atoms with Gasteiger partial charge in [0, 0.05) is 16.5 Å². The van der Waals surface area contributed by atoms with E-state index in [1.165, 1.54) is 0 Å². The molecule has 0 amide bonds. The van der Waals surface area contributed by atoms with Gasteiger partial charge in [0.15, 0.2) is 0 Å². The molecule has 0 aliphatic carbocycles. The van der Waals surface area contributed by atoms with E-state index < -0.39 is 0 Å². The van der Waals surface area contributed by atoms with Crippen LogP contribution in [0.4, 0.5) is 28.4 Å². The molecule has 5 heteroatoms. The second kappa shape index (κ2) is 7.58. The minimum Gasteiger partial charge on any atom is -0.398 e.